The lowest BCUT2D eigenvalue weighted by Gasteiger charge is -2.32. The van der Waals surface area contributed by atoms with Crippen molar-refractivity contribution in [3.8, 4) is 0 Å². The Kier molecular flexibility index (Phi) is 4.20. The second-order valence-corrected chi connectivity index (χ2v) is 5.48. The van der Waals surface area contributed by atoms with Crippen molar-refractivity contribution in [3.05, 3.63) is 28.8 Å². The maximum atomic E-state index is 8.94. The molecule has 2 atom stereocenters. The van der Waals surface area contributed by atoms with Gasteiger partial charge >= 0.3 is 0 Å². The van der Waals surface area contributed by atoms with Gasteiger partial charge in [0.1, 0.15) is 0 Å². The van der Waals surface area contributed by atoms with Crippen molar-refractivity contribution >= 4 is 23.1 Å². The Balaban J connectivity index is 2.49. The van der Waals surface area contributed by atoms with E-state index >= 15 is 0 Å². The molecule has 1 aromatic carbocycles. The van der Waals surface area contributed by atoms with Crippen LogP contribution in [-0.4, -0.2) is 23.1 Å². The van der Waals surface area contributed by atoms with Gasteiger partial charge < -0.3 is 15.8 Å². The van der Waals surface area contributed by atoms with Gasteiger partial charge in [0.2, 0.25) is 0 Å². The molecule has 0 spiro atoms. The minimum atomic E-state index is 0.103. The third-order valence-corrected chi connectivity index (χ3v) is 4.11. The van der Waals surface area contributed by atoms with E-state index in [2.05, 4.69) is 23.9 Å². The van der Waals surface area contributed by atoms with Crippen molar-refractivity contribution in [2.45, 2.75) is 45.2 Å². The Labute approximate surface area is 118 Å². The maximum Gasteiger partial charge on any atom is 0.172 e. The number of halogens is 1. The van der Waals surface area contributed by atoms with Crippen LogP contribution >= 0.6 is 11.6 Å². The van der Waals surface area contributed by atoms with Gasteiger partial charge in [-0.2, -0.15) is 0 Å². The third-order valence-electron chi connectivity index (χ3n) is 3.88. The molecule has 3 N–H and O–H groups in total. The van der Waals surface area contributed by atoms with E-state index in [9.17, 15) is 0 Å². The van der Waals surface area contributed by atoms with Crippen molar-refractivity contribution in [3.63, 3.8) is 0 Å². The Hall–Kier alpha value is -1.42. The van der Waals surface area contributed by atoms with E-state index in [1.54, 1.807) is 6.07 Å². The van der Waals surface area contributed by atoms with E-state index in [0.29, 0.717) is 22.7 Å². The Bertz CT molecular complexity index is 490. The first-order valence-electron chi connectivity index (χ1n) is 6.64. The molecule has 0 saturated carbocycles. The molecule has 1 aliphatic rings. The number of hydrogen-bond donors (Lipinski definition) is 2. The van der Waals surface area contributed by atoms with E-state index in [0.717, 1.165) is 18.5 Å². The molecule has 4 nitrogen and oxygen atoms in total. The molecule has 5 heteroatoms. The van der Waals surface area contributed by atoms with Gasteiger partial charge in [0.25, 0.3) is 0 Å². The molecule has 19 heavy (non-hydrogen) atoms. The van der Waals surface area contributed by atoms with Crippen LogP contribution in [0, 0.1) is 0 Å². The highest BCUT2D eigenvalue weighted by molar-refractivity contribution is 6.31. The number of amidine groups is 1. The lowest BCUT2D eigenvalue weighted by molar-refractivity contribution is 0.318. The molecule has 1 aromatic rings. The molecule has 0 bridgehead atoms. The summed E-state index contributed by atoms with van der Waals surface area (Å²) in [4.78, 5) is 2.36. The van der Waals surface area contributed by atoms with Crippen molar-refractivity contribution < 1.29 is 5.21 Å². The topological polar surface area (TPSA) is 61.8 Å². The summed E-state index contributed by atoms with van der Waals surface area (Å²) >= 11 is 6.02. The predicted octanol–water partition coefficient (Wildman–Crippen LogP) is 3.20. The van der Waals surface area contributed by atoms with E-state index in [4.69, 9.17) is 22.5 Å². The molecule has 1 heterocycles. The number of nitrogens with zero attached hydrogens (tertiary/aromatic N) is 2. The standard InChI is InChI=1S/C14H20ClN3O/c1-3-11-6-4-9(2)18(11)13-7-5-10(15)8-12(13)14(16)17-19/h5,7-9,11,19H,3-4,6H2,1-2H3,(H2,16,17). The minimum absolute atomic E-state index is 0.103. The fraction of sp³-hybridized carbons (Fsp3) is 0.500. The Morgan fingerprint density at radius 1 is 1.53 bits per heavy atom. The molecule has 1 aliphatic heterocycles. The van der Waals surface area contributed by atoms with Gasteiger partial charge in [-0.1, -0.05) is 23.7 Å². The van der Waals surface area contributed by atoms with E-state index in [1.807, 2.05) is 12.1 Å². The summed E-state index contributed by atoms with van der Waals surface area (Å²) in [5.41, 5.74) is 7.47. The second kappa shape index (κ2) is 5.70. The van der Waals surface area contributed by atoms with Crippen LogP contribution in [0.3, 0.4) is 0 Å². The highest BCUT2D eigenvalue weighted by atomic mass is 35.5. The van der Waals surface area contributed by atoms with Crippen LogP contribution in [0.2, 0.25) is 5.02 Å². The Morgan fingerprint density at radius 3 is 2.89 bits per heavy atom. The molecular weight excluding hydrogens is 262 g/mol. The van der Waals surface area contributed by atoms with E-state index in [-0.39, 0.29) is 5.84 Å². The molecule has 0 aromatic heterocycles. The summed E-state index contributed by atoms with van der Waals surface area (Å²) in [5.74, 6) is 0.103. The molecule has 1 saturated heterocycles. The predicted molar refractivity (Wildman–Crippen MR) is 79.2 cm³/mol. The van der Waals surface area contributed by atoms with E-state index in [1.165, 1.54) is 6.42 Å². The third kappa shape index (κ3) is 2.63. The van der Waals surface area contributed by atoms with Crippen LogP contribution in [0.5, 0.6) is 0 Å². The zero-order valence-corrected chi connectivity index (χ0v) is 12.1. The number of anilines is 1. The zero-order valence-electron chi connectivity index (χ0n) is 11.3. The van der Waals surface area contributed by atoms with Gasteiger partial charge in [-0.3, -0.25) is 0 Å². The van der Waals surface area contributed by atoms with Gasteiger partial charge in [0.15, 0.2) is 5.84 Å². The lowest BCUT2D eigenvalue weighted by Crippen LogP contribution is -2.35. The first-order chi connectivity index (χ1) is 9.08. The van der Waals surface area contributed by atoms with Gasteiger partial charge in [0.05, 0.1) is 0 Å². The molecule has 0 amide bonds. The number of nitrogens with two attached hydrogens (primary N) is 1. The summed E-state index contributed by atoms with van der Waals surface area (Å²) in [7, 11) is 0. The molecule has 0 radical (unpaired) electrons. The second-order valence-electron chi connectivity index (χ2n) is 5.04. The van der Waals surface area contributed by atoms with Crippen molar-refractivity contribution in [1.82, 2.24) is 0 Å². The van der Waals surface area contributed by atoms with Gasteiger partial charge in [-0.05, 0) is 44.4 Å². The first-order valence-corrected chi connectivity index (χ1v) is 7.02. The molecule has 2 unspecified atom stereocenters. The summed E-state index contributed by atoms with van der Waals surface area (Å²) in [6.07, 6.45) is 3.43. The van der Waals surface area contributed by atoms with Crippen molar-refractivity contribution in [1.29, 1.82) is 0 Å². The van der Waals surface area contributed by atoms with Crippen molar-refractivity contribution in [2.24, 2.45) is 10.9 Å². The summed E-state index contributed by atoms with van der Waals surface area (Å²) in [5, 5.41) is 12.6. The fourth-order valence-corrected chi connectivity index (χ4v) is 3.07. The molecule has 0 aliphatic carbocycles. The number of oxime groups is 1. The van der Waals surface area contributed by atoms with Gasteiger partial charge in [-0.25, -0.2) is 0 Å². The normalized spacial score (nSPS) is 23.9. The maximum absolute atomic E-state index is 8.94. The van der Waals surface area contributed by atoms with Crippen LogP contribution in [0.15, 0.2) is 23.4 Å². The monoisotopic (exact) mass is 281 g/mol. The quantitative estimate of drug-likeness (QED) is 0.387. The smallest absolute Gasteiger partial charge is 0.172 e. The number of benzene rings is 1. The van der Waals surface area contributed by atoms with Crippen LogP contribution in [-0.2, 0) is 0 Å². The molecule has 2 rings (SSSR count). The fourth-order valence-electron chi connectivity index (χ4n) is 2.90. The van der Waals surface area contributed by atoms with Crippen LogP contribution in [0.1, 0.15) is 38.7 Å². The largest absolute Gasteiger partial charge is 0.409 e. The average molecular weight is 282 g/mol. The Morgan fingerprint density at radius 2 is 2.26 bits per heavy atom. The SMILES string of the molecule is CCC1CCC(C)N1c1ccc(Cl)cc1/C(N)=N/O. The zero-order chi connectivity index (χ0) is 14.0. The summed E-state index contributed by atoms with van der Waals surface area (Å²) < 4.78 is 0. The highest BCUT2D eigenvalue weighted by Gasteiger charge is 2.31. The van der Waals surface area contributed by atoms with Crippen molar-refractivity contribution in [2.75, 3.05) is 4.90 Å². The summed E-state index contributed by atoms with van der Waals surface area (Å²) in [6.45, 7) is 4.40. The van der Waals surface area contributed by atoms with Gasteiger partial charge in [-0.15, -0.1) is 0 Å². The number of rotatable bonds is 3. The summed E-state index contributed by atoms with van der Waals surface area (Å²) in [6, 6.07) is 6.52. The lowest BCUT2D eigenvalue weighted by atomic mass is 10.1. The molecule has 104 valence electrons. The van der Waals surface area contributed by atoms with Crippen LogP contribution in [0.4, 0.5) is 5.69 Å². The molecular formula is C14H20ClN3O. The average Bonchev–Trinajstić information content (AvgIpc) is 2.79. The molecule has 1 fully saturated rings. The minimum Gasteiger partial charge on any atom is -0.409 e. The first kappa shape index (κ1) is 14.0. The van der Waals surface area contributed by atoms with Crippen LogP contribution in [0.25, 0.3) is 0 Å². The highest BCUT2D eigenvalue weighted by Crippen LogP contribution is 2.35. The number of hydrogen-bond acceptors (Lipinski definition) is 3. The van der Waals surface area contributed by atoms with Gasteiger partial charge in [0, 0.05) is 28.4 Å². The van der Waals surface area contributed by atoms with Crippen LogP contribution < -0.4 is 10.6 Å². The van der Waals surface area contributed by atoms with E-state index < -0.39 is 0 Å².